The van der Waals surface area contributed by atoms with E-state index in [0.29, 0.717) is 35.1 Å². The molecule has 0 heterocycles. The second-order valence-electron chi connectivity index (χ2n) is 37.8. The molecule has 4 N–H and O–H groups in total. The van der Waals surface area contributed by atoms with Crippen molar-refractivity contribution in [3.8, 4) is 0 Å². The molecule has 0 aliphatic heterocycles. The lowest BCUT2D eigenvalue weighted by Crippen LogP contribution is -2.26. The maximum atomic E-state index is 12.8. The van der Waals surface area contributed by atoms with Crippen molar-refractivity contribution >= 4 is 23.1 Å². The van der Waals surface area contributed by atoms with E-state index in [1.54, 1.807) is 13.8 Å². The van der Waals surface area contributed by atoms with Gasteiger partial charge in [0.25, 0.3) is 0 Å². The Kier molecular flexibility index (Phi) is 65.7. The summed E-state index contributed by atoms with van der Waals surface area (Å²) in [6.45, 7) is 50.3. The highest BCUT2D eigenvalue weighted by Gasteiger charge is 2.32. The van der Waals surface area contributed by atoms with Crippen LogP contribution in [-0.2, 0) is 19.2 Å². The van der Waals surface area contributed by atoms with Gasteiger partial charge in [0.15, 0.2) is 23.1 Å². The lowest BCUT2D eigenvalue weighted by atomic mass is 9.83. The first-order valence-electron chi connectivity index (χ1n) is 49.1. The maximum Gasteiger partial charge on any atom is 0.188 e. The van der Waals surface area contributed by atoms with Crippen LogP contribution in [-0.4, -0.2) is 70.0 Å². The Morgan fingerprint density at radius 3 is 0.441 bits per heavy atom. The van der Waals surface area contributed by atoms with Gasteiger partial charge in [0.05, 0.1) is 26.4 Å². The fourth-order valence-electron chi connectivity index (χ4n) is 15.5. The standard InChI is InChI=1S/C65H100O4.C54H82O4/c1-14-49(2)25-15-26-50(3)27-16-28-51(4)29-17-30-52(5)31-18-32-53(6)33-19-34-54(7)35-20-36-55(8)37-21-38-56(9)39-22-40-57(10)41-23-42-58(11)43-24-44-59(12)45-46-61-60(13)64(68)62(47-66)63(48-67)65(61)69;1-40(2)20-12-21-41(3)22-13-23-42(4)24-14-25-43(5)26-15-27-44(6)28-16-29-45(7)30-17-31-46(8)32-18-33-47(9)34-19-35-48(10)36-37-50-49(11)53(57)51(38-55)52(39-56)54(50)58/h25,27,29,31,33,35,37,39,41,43,45,66-67H,14-24,26,28,30,32,34,36,38,40,42,44,46-48H2,1-13H3;20,22,24,26,28,30,32,34,36,55-56H,12-19,21,23,25,27,29,31,33,35,37-39H2,1-11H3/b49-25+,50-27+,51-29+,52-31+,53-33+,54-35+,55-37+,56-39+,57-41+,58-43+,59-45+;41-22+,42-24+,43-26+,44-28+,45-30+,46-32+,47-34+,48-36+. The van der Waals surface area contributed by atoms with Crippen LogP contribution in [0.2, 0.25) is 0 Å². The van der Waals surface area contributed by atoms with E-state index >= 15 is 0 Å². The molecule has 127 heavy (non-hydrogen) atoms. The van der Waals surface area contributed by atoms with Gasteiger partial charge in [0, 0.05) is 44.6 Å². The lowest BCUT2D eigenvalue weighted by Gasteiger charge is -2.20. The average Bonchev–Trinajstić information content (AvgIpc) is 0.793. The van der Waals surface area contributed by atoms with Crippen LogP contribution < -0.4 is 0 Å². The fourth-order valence-corrected chi connectivity index (χ4v) is 15.5. The number of carbonyl (C=O) groups is 4. The minimum Gasteiger partial charge on any atom is -0.392 e. The summed E-state index contributed by atoms with van der Waals surface area (Å²) in [5.74, 6) is -1.36. The van der Waals surface area contributed by atoms with Gasteiger partial charge in [-0.2, -0.15) is 0 Å². The van der Waals surface area contributed by atoms with E-state index in [0.717, 1.165) is 210 Å². The maximum absolute atomic E-state index is 12.8. The Hall–Kier alpha value is -7.72. The van der Waals surface area contributed by atoms with Crippen molar-refractivity contribution in [1.82, 2.24) is 0 Å². The monoisotopic (exact) mass is 1740 g/mol. The van der Waals surface area contributed by atoms with Crippen molar-refractivity contribution in [2.75, 3.05) is 26.4 Å². The van der Waals surface area contributed by atoms with Crippen molar-refractivity contribution in [1.29, 1.82) is 0 Å². The van der Waals surface area contributed by atoms with E-state index in [2.05, 4.69) is 262 Å². The number of Topliss-reactive ketones (excluding diaryl/α,β-unsaturated/α-hetero) is 4. The molecular formula is C119H182O8. The summed E-state index contributed by atoms with van der Waals surface area (Å²) in [7, 11) is 0. The van der Waals surface area contributed by atoms with E-state index < -0.39 is 26.4 Å². The average molecular weight is 1740 g/mol. The number of rotatable bonds is 63. The highest BCUT2D eigenvalue weighted by molar-refractivity contribution is 6.26. The molecule has 0 spiro atoms. The number of allylic oxidation sites excluding steroid dienone is 44. The molecule has 2 rings (SSSR count). The number of aliphatic hydroxyl groups excluding tert-OH is 4. The van der Waals surface area contributed by atoms with E-state index in [4.69, 9.17) is 0 Å². The van der Waals surface area contributed by atoms with Gasteiger partial charge in [0.1, 0.15) is 0 Å². The molecule has 0 aromatic heterocycles. The van der Waals surface area contributed by atoms with Gasteiger partial charge in [0.2, 0.25) is 0 Å². The number of aliphatic hydroxyl groups is 4. The molecular weight excluding hydrogens is 1560 g/mol. The summed E-state index contributed by atoms with van der Waals surface area (Å²) in [5, 5.41) is 38.3. The zero-order valence-corrected chi connectivity index (χ0v) is 85.4. The Balaban J connectivity index is 0.00000129. The molecule has 0 bridgehead atoms. The molecule has 0 radical (unpaired) electrons. The Morgan fingerprint density at radius 2 is 0.307 bits per heavy atom. The molecule has 706 valence electrons. The fraction of sp³-hybridized carbons (Fsp3) is 0.563. The SMILES string of the molecule is CC(C)=CCC/C(C)=C/CC/C(C)=C/CC/C(C)=C/CC/C(C)=C/CC/C(C)=C/CC/C(C)=C/CC/C(C)=C/CC/C(C)=C/CC1=C(C)C(=O)C(CO)=C(CO)C1=O.CC/C(C)=C/CC/C(C)=C/CC/C(C)=C/CC/C(C)=C/CC/C(C)=C/CC/C(C)=C/CC/C(C)=C/CC/C(C)=C/CC/C(C)=C/CC/C(C)=C/CC/C(C)=C/CC1=C(C)C(=O)C(CO)=C(CO)C1=O. The molecule has 2 aliphatic carbocycles. The molecule has 8 heteroatoms. The van der Waals surface area contributed by atoms with Crippen LogP contribution in [0.25, 0.3) is 0 Å². The third-order valence-corrected chi connectivity index (χ3v) is 25.1. The van der Waals surface area contributed by atoms with Gasteiger partial charge in [-0.05, 0) is 410 Å². The Morgan fingerprint density at radius 1 is 0.181 bits per heavy atom. The van der Waals surface area contributed by atoms with Gasteiger partial charge in [-0.15, -0.1) is 0 Å². The van der Waals surface area contributed by atoms with Crippen LogP contribution in [0, 0.1) is 0 Å². The van der Waals surface area contributed by atoms with E-state index in [-0.39, 0.29) is 45.4 Å². The first kappa shape index (κ1) is 117. The van der Waals surface area contributed by atoms with Crippen LogP contribution >= 0.6 is 0 Å². The number of ketones is 4. The van der Waals surface area contributed by atoms with Gasteiger partial charge in [-0.3, -0.25) is 19.2 Å². The highest BCUT2D eigenvalue weighted by Crippen LogP contribution is 2.31. The van der Waals surface area contributed by atoms with Gasteiger partial charge in [-0.25, -0.2) is 0 Å². The molecule has 2 aliphatic rings. The summed E-state index contributed by atoms with van der Waals surface area (Å²) in [6.07, 6.45) is 89.1. The summed E-state index contributed by atoms with van der Waals surface area (Å²) in [6, 6.07) is 0. The second-order valence-corrected chi connectivity index (χ2v) is 37.8. The molecule has 0 atom stereocenters. The molecule has 0 aromatic rings. The lowest BCUT2D eigenvalue weighted by molar-refractivity contribution is -0.117. The van der Waals surface area contributed by atoms with Crippen LogP contribution in [0.3, 0.4) is 0 Å². The minimum atomic E-state index is -0.540. The first-order chi connectivity index (χ1) is 60.5. The number of hydrogen-bond donors (Lipinski definition) is 4. The van der Waals surface area contributed by atoms with Crippen LogP contribution in [0.15, 0.2) is 278 Å². The normalized spacial score (nSPS) is 16.2. The second kappa shape index (κ2) is 71.1. The van der Waals surface area contributed by atoms with E-state index in [1.807, 2.05) is 12.2 Å². The third-order valence-electron chi connectivity index (χ3n) is 25.1. The largest absolute Gasteiger partial charge is 0.392 e. The smallest absolute Gasteiger partial charge is 0.188 e. The summed E-state index contributed by atoms with van der Waals surface area (Å²) < 4.78 is 0. The third kappa shape index (κ3) is 56.5. The highest BCUT2D eigenvalue weighted by atomic mass is 16.3. The van der Waals surface area contributed by atoms with Crippen molar-refractivity contribution in [2.24, 2.45) is 0 Å². The zero-order valence-electron chi connectivity index (χ0n) is 85.4. The van der Waals surface area contributed by atoms with Crippen LogP contribution in [0.4, 0.5) is 0 Å². The summed E-state index contributed by atoms with van der Waals surface area (Å²) in [4.78, 5) is 50.8. The first-order valence-corrected chi connectivity index (χ1v) is 49.1. The van der Waals surface area contributed by atoms with Crippen molar-refractivity contribution in [2.45, 2.75) is 417 Å². The van der Waals surface area contributed by atoms with Gasteiger partial charge in [-0.1, -0.05) is 240 Å². The quantitative estimate of drug-likeness (QED) is 0.0347. The molecule has 0 fully saturated rings. The Labute approximate surface area is 778 Å². The molecule has 0 saturated heterocycles. The summed E-state index contributed by atoms with van der Waals surface area (Å²) in [5.41, 5.74) is 30.6. The van der Waals surface area contributed by atoms with Gasteiger partial charge >= 0.3 is 0 Å². The number of hydrogen-bond acceptors (Lipinski definition) is 8. The van der Waals surface area contributed by atoms with Crippen molar-refractivity contribution < 1.29 is 39.6 Å². The van der Waals surface area contributed by atoms with Crippen LogP contribution in [0.5, 0.6) is 0 Å². The van der Waals surface area contributed by atoms with Crippen LogP contribution in [0.1, 0.15) is 417 Å². The predicted molar refractivity (Wildman–Crippen MR) is 554 cm³/mol. The van der Waals surface area contributed by atoms with E-state index in [1.165, 1.54) is 139 Å². The van der Waals surface area contributed by atoms with Gasteiger partial charge < -0.3 is 20.4 Å². The summed E-state index contributed by atoms with van der Waals surface area (Å²) >= 11 is 0. The molecule has 0 saturated carbocycles. The number of carbonyl (C=O) groups excluding carboxylic acids is 4. The zero-order chi connectivity index (χ0) is 95.0. The Bertz CT molecular complexity index is 4250. The predicted octanol–water partition coefficient (Wildman–Crippen LogP) is 33.7. The minimum absolute atomic E-state index is 0.0156. The topological polar surface area (TPSA) is 149 Å². The molecule has 0 unspecified atom stereocenters. The van der Waals surface area contributed by atoms with Crippen molar-refractivity contribution in [3.63, 3.8) is 0 Å². The molecule has 8 nitrogen and oxygen atoms in total. The van der Waals surface area contributed by atoms with Crippen molar-refractivity contribution in [3.05, 3.63) is 278 Å². The van der Waals surface area contributed by atoms with E-state index in [9.17, 15) is 39.6 Å². The molecule has 0 aromatic carbocycles. The molecule has 0 amide bonds.